The second kappa shape index (κ2) is 7.94. The summed E-state index contributed by atoms with van der Waals surface area (Å²) in [7, 11) is -1.75. The zero-order valence-electron chi connectivity index (χ0n) is 13.1. The number of benzene rings is 1. The highest BCUT2D eigenvalue weighted by Gasteiger charge is 2.48. The Morgan fingerprint density at radius 1 is 0.957 bits per heavy atom. The van der Waals surface area contributed by atoms with Gasteiger partial charge < -0.3 is 12.6 Å². The fraction of sp³-hybridized carbons (Fsp3) is 0.467. The van der Waals surface area contributed by atoms with Crippen LogP contribution in [0, 0.1) is 14.8 Å². The Bertz CT molecular complexity index is 648. The molecule has 0 bridgehead atoms. The summed E-state index contributed by atoms with van der Waals surface area (Å²) in [4.78, 5) is 0.503. The highest BCUT2D eigenvalue weighted by atomic mass is 80.0. The summed E-state index contributed by atoms with van der Waals surface area (Å²) in [5, 5.41) is 0.730. The van der Waals surface area contributed by atoms with Gasteiger partial charge in [-0.05, 0) is 17.5 Å². The highest BCUT2D eigenvalue weighted by Crippen LogP contribution is 2.53. The molecule has 0 aliphatic heterocycles. The molecule has 23 heavy (non-hydrogen) atoms. The lowest BCUT2D eigenvalue weighted by molar-refractivity contribution is -1.73. The van der Waals surface area contributed by atoms with Crippen molar-refractivity contribution in [2.75, 3.05) is 0 Å². The van der Waals surface area contributed by atoms with Crippen LogP contribution in [0.1, 0.15) is 50.0 Å². The zero-order valence-corrected chi connectivity index (χ0v) is 15.5. The topological polar surface area (TPSA) is 69.2 Å². The third kappa shape index (κ3) is 5.42. The Hall–Kier alpha value is -0.670. The van der Waals surface area contributed by atoms with Crippen molar-refractivity contribution in [3.05, 3.63) is 34.7 Å². The van der Waals surface area contributed by atoms with Crippen molar-refractivity contribution in [1.29, 1.82) is 0 Å². The van der Waals surface area contributed by atoms with Crippen molar-refractivity contribution < 1.29 is 40.6 Å². The Labute approximate surface area is 141 Å². The number of fused-ring (bicyclic) bond motifs is 1. The zero-order chi connectivity index (χ0) is 17.9. The molecule has 3 nitrogen and oxygen atoms in total. The molecule has 1 aromatic heterocycles. The van der Waals surface area contributed by atoms with Crippen LogP contribution >= 0.6 is 10.5 Å². The van der Waals surface area contributed by atoms with E-state index in [0.717, 1.165) is 10.9 Å². The lowest BCUT2D eigenvalue weighted by Crippen LogP contribution is -2.42. The fourth-order valence-corrected chi connectivity index (χ4v) is 4.31. The molecule has 130 valence electrons. The molecule has 8 heteroatoms. The second-order valence-corrected chi connectivity index (χ2v) is 8.37. The number of thiophene rings is 1. The molecule has 0 N–H and O–H groups in total. The van der Waals surface area contributed by atoms with Gasteiger partial charge in [-0.15, -0.1) is 13.2 Å². The normalized spacial score (nSPS) is 13.0. The van der Waals surface area contributed by atoms with Crippen molar-refractivity contribution in [2.24, 2.45) is 0 Å². The second-order valence-electron chi connectivity index (χ2n) is 5.59. The number of rotatable bonds is 2. The lowest BCUT2D eigenvalue weighted by Gasteiger charge is -2.05. The first-order valence-corrected chi connectivity index (χ1v) is 10.0. The van der Waals surface area contributed by atoms with Crippen molar-refractivity contribution >= 4 is 20.6 Å². The summed E-state index contributed by atoms with van der Waals surface area (Å²) < 4.78 is 66.1. The van der Waals surface area contributed by atoms with Crippen molar-refractivity contribution in [3.8, 4) is 0 Å². The third-order valence-electron chi connectivity index (χ3n) is 3.26. The summed E-state index contributed by atoms with van der Waals surface area (Å²) in [6, 6.07) is 7.22. The van der Waals surface area contributed by atoms with E-state index in [-0.39, 0.29) is 11.8 Å². The molecule has 1 heterocycles. The molecule has 1 aromatic carbocycles. The van der Waals surface area contributed by atoms with Gasteiger partial charge in [-0.2, -0.15) is 0 Å². The minimum Gasteiger partial charge on any atom is -0.405 e. The maximum absolute atomic E-state index is 13.4. The van der Waals surface area contributed by atoms with Gasteiger partial charge in [0.15, 0.2) is 9.58 Å². The monoisotopic (exact) mass is 414 g/mol. The number of hydrogen-bond donors (Lipinski definition) is 0. The van der Waals surface area contributed by atoms with Gasteiger partial charge in [0.05, 0.1) is 10.5 Å². The van der Waals surface area contributed by atoms with E-state index in [1.165, 1.54) is 0 Å². The number of halogens is 4. The number of hydrogen-bond acceptors (Lipinski definition) is 3. The molecule has 0 saturated heterocycles. The van der Waals surface area contributed by atoms with Gasteiger partial charge in [0, 0.05) is 23.4 Å². The van der Waals surface area contributed by atoms with Gasteiger partial charge >= 0.3 is 5.51 Å². The van der Waals surface area contributed by atoms with E-state index in [0.29, 0.717) is 9.58 Å². The van der Waals surface area contributed by atoms with Gasteiger partial charge in [0.2, 0.25) is 14.8 Å². The predicted octanol–water partition coefficient (Wildman–Crippen LogP) is 2.75. The van der Waals surface area contributed by atoms with Crippen LogP contribution in [0.15, 0.2) is 24.3 Å². The molecule has 2 aromatic rings. The van der Waals surface area contributed by atoms with Crippen molar-refractivity contribution in [3.63, 3.8) is 0 Å². The standard InChI is InChI=1S/C15H18F3S.BrO3/c1-9(2)11-5-6-12-8-13(10(3)4)19(14(12)7-11)15(16,17)18;2-1(3)4/h5-10H,1-4H3;/q+1;-1. The molecule has 0 aliphatic carbocycles. The largest absolute Gasteiger partial charge is 0.600 e. The molecule has 0 saturated carbocycles. The van der Waals surface area contributed by atoms with Gasteiger partial charge in [-0.3, -0.25) is 0 Å². The molecule has 1 unspecified atom stereocenters. The van der Waals surface area contributed by atoms with Gasteiger partial charge in [-0.25, -0.2) is 0 Å². The Balaban J connectivity index is 0.000000593. The van der Waals surface area contributed by atoms with Crippen LogP contribution < -0.4 is 12.6 Å². The van der Waals surface area contributed by atoms with Crippen molar-refractivity contribution in [1.82, 2.24) is 0 Å². The molecule has 1 atom stereocenters. The van der Waals surface area contributed by atoms with Gasteiger partial charge in [0.1, 0.15) is 0 Å². The fourth-order valence-electron chi connectivity index (χ4n) is 2.21. The van der Waals surface area contributed by atoms with E-state index in [4.69, 9.17) is 12.6 Å². The first-order chi connectivity index (χ1) is 10.4. The maximum Gasteiger partial charge on any atom is 0.600 e. The summed E-state index contributed by atoms with van der Waals surface area (Å²) >= 11 is -3.65. The molecule has 0 spiro atoms. The first kappa shape index (κ1) is 20.4. The smallest absolute Gasteiger partial charge is 0.405 e. The molecular formula is C15H18BrF3O3S. The highest BCUT2D eigenvalue weighted by molar-refractivity contribution is 7.38. The summed E-state index contributed by atoms with van der Waals surface area (Å²) in [5.41, 5.74) is -3.21. The predicted molar refractivity (Wildman–Crippen MR) is 75.9 cm³/mol. The summed E-state index contributed by atoms with van der Waals surface area (Å²) in [6.45, 7) is 7.65. The van der Waals surface area contributed by atoms with Gasteiger partial charge in [-0.1, -0.05) is 33.8 Å². The van der Waals surface area contributed by atoms with Crippen LogP contribution in [0.25, 0.3) is 10.1 Å². The van der Waals surface area contributed by atoms with Crippen LogP contribution in [0.5, 0.6) is 0 Å². The molecule has 0 aliphatic rings. The first-order valence-electron chi connectivity index (χ1n) is 6.84. The van der Waals surface area contributed by atoms with E-state index < -0.39 is 30.8 Å². The Kier molecular flexibility index (Phi) is 7.03. The van der Waals surface area contributed by atoms with Crippen LogP contribution in [0.3, 0.4) is 0 Å². The minimum atomic E-state index is -4.18. The molecular weight excluding hydrogens is 397 g/mol. The average molecular weight is 415 g/mol. The average Bonchev–Trinajstić information content (AvgIpc) is 2.75. The van der Waals surface area contributed by atoms with E-state index >= 15 is 0 Å². The van der Waals surface area contributed by atoms with E-state index in [9.17, 15) is 13.2 Å². The van der Waals surface area contributed by atoms with Crippen LogP contribution in [-0.4, -0.2) is 0 Å². The Morgan fingerprint density at radius 3 is 1.87 bits per heavy atom. The lowest BCUT2D eigenvalue weighted by atomic mass is 10.0. The van der Waals surface area contributed by atoms with Gasteiger partial charge in [0.25, 0.3) is 0 Å². The van der Waals surface area contributed by atoms with E-state index in [1.54, 1.807) is 12.1 Å². The van der Waals surface area contributed by atoms with Crippen LogP contribution in [-0.2, 0) is 5.51 Å². The molecule has 0 fully saturated rings. The summed E-state index contributed by atoms with van der Waals surface area (Å²) in [5.74, 6) is 0.159. The third-order valence-corrected chi connectivity index (χ3v) is 5.58. The van der Waals surface area contributed by atoms with Crippen LogP contribution in [0.4, 0.5) is 13.2 Å². The quantitative estimate of drug-likeness (QED) is 0.709. The van der Waals surface area contributed by atoms with Crippen molar-refractivity contribution in [2.45, 2.75) is 45.0 Å². The SMILES string of the molecule is CC(C)c1ccc2cc(C(C)C)[s+](C(F)(F)F)c2c1.[O-][Br+2]([O-])[O-]. The number of alkyl halides is 3. The molecule has 0 amide bonds. The van der Waals surface area contributed by atoms with E-state index in [1.807, 2.05) is 39.8 Å². The summed E-state index contributed by atoms with van der Waals surface area (Å²) in [6.07, 6.45) is 0. The van der Waals surface area contributed by atoms with Crippen LogP contribution in [0.2, 0.25) is 0 Å². The Morgan fingerprint density at radius 2 is 1.48 bits per heavy atom. The van der Waals surface area contributed by atoms with E-state index in [2.05, 4.69) is 0 Å². The maximum atomic E-state index is 13.4. The molecule has 2 rings (SSSR count). The minimum absolute atomic E-state index is 0.0835. The molecule has 0 radical (unpaired) electrons.